The van der Waals surface area contributed by atoms with Gasteiger partial charge in [0, 0.05) is 32.4 Å². The third-order valence-electron chi connectivity index (χ3n) is 5.51. The standard InChI is InChI=1S/C17H24N4O3/c1-18-14-12(5-3-8-19-14)15(22)21-10-7-17(16(23)24)6-4-9-20(2)13(17)11-21/h3,5,8,13H,4,6-7,9-11H2,1-2H3,(H,18,19)(H,23,24)/t13-,17+/m1/s1. The lowest BCUT2D eigenvalue weighted by Gasteiger charge is -2.51. The van der Waals surface area contributed by atoms with E-state index in [0.29, 0.717) is 37.3 Å². The van der Waals surface area contributed by atoms with Crippen molar-refractivity contribution < 1.29 is 14.7 Å². The van der Waals surface area contributed by atoms with Gasteiger partial charge in [0.05, 0.1) is 11.0 Å². The van der Waals surface area contributed by atoms with Crippen molar-refractivity contribution in [2.24, 2.45) is 5.41 Å². The van der Waals surface area contributed by atoms with Crippen LogP contribution in [-0.2, 0) is 4.79 Å². The first-order valence-electron chi connectivity index (χ1n) is 8.35. The average molecular weight is 332 g/mol. The van der Waals surface area contributed by atoms with E-state index in [0.717, 1.165) is 13.0 Å². The molecule has 3 rings (SSSR count). The van der Waals surface area contributed by atoms with Crippen LogP contribution >= 0.6 is 0 Å². The SMILES string of the molecule is CNc1ncccc1C(=O)N1CC[C@@]2(C(=O)O)CCCN(C)[C@@H]2C1. The molecule has 0 saturated carbocycles. The Morgan fingerprint density at radius 3 is 2.88 bits per heavy atom. The number of aliphatic carboxylic acids is 1. The molecule has 1 amide bonds. The first-order valence-corrected chi connectivity index (χ1v) is 8.35. The fourth-order valence-electron chi connectivity index (χ4n) is 4.12. The summed E-state index contributed by atoms with van der Waals surface area (Å²) in [6, 6.07) is 3.35. The molecule has 2 aliphatic heterocycles. The zero-order valence-corrected chi connectivity index (χ0v) is 14.2. The maximum absolute atomic E-state index is 12.9. The van der Waals surface area contributed by atoms with Crippen molar-refractivity contribution in [2.45, 2.75) is 25.3 Å². The summed E-state index contributed by atoms with van der Waals surface area (Å²) in [5.41, 5.74) is -0.203. The second-order valence-electron chi connectivity index (χ2n) is 6.71. The number of likely N-dealkylation sites (tertiary alicyclic amines) is 2. The molecule has 1 aromatic heterocycles. The van der Waals surface area contributed by atoms with Crippen molar-refractivity contribution in [3.63, 3.8) is 0 Å². The minimum atomic E-state index is -0.733. The summed E-state index contributed by atoms with van der Waals surface area (Å²) in [5, 5.41) is 12.8. The molecule has 130 valence electrons. The Morgan fingerprint density at radius 1 is 1.38 bits per heavy atom. The number of rotatable bonds is 3. The van der Waals surface area contributed by atoms with Gasteiger partial charge in [-0.3, -0.25) is 9.59 Å². The maximum Gasteiger partial charge on any atom is 0.311 e. The molecule has 7 nitrogen and oxygen atoms in total. The number of carboxylic acid groups (broad SMARTS) is 1. The molecule has 0 aliphatic carbocycles. The van der Waals surface area contributed by atoms with Gasteiger partial charge in [-0.2, -0.15) is 0 Å². The zero-order chi connectivity index (χ0) is 17.3. The van der Waals surface area contributed by atoms with E-state index in [4.69, 9.17) is 0 Å². The highest BCUT2D eigenvalue weighted by Gasteiger charge is 2.52. The molecule has 1 aromatic rings. The first-order chi connectivity index (χ1) is 11.5. The van der Waals surface area contributed by atoms with Gasteiger partial charge in [-0.05, 0) is 45.0 Å². The van der Waals surface area contributed by atoms with Crippen molar-refractivity contribution in [1.82, 2.24) is 14.8 Å². The number of pyridine rings is 1. The number of hydrogen-bond acceptors (Lipinski definition) is 5. The molecule has 0 bridgehead atoms. The summed E-state index contributed by atoms with van der Waals surface area (Å²) >= 11 is 0. The van der Waals surface area contributed by atoms with Crippen LogP contribution in [0.5, 0.6) is 0 Å². The summed E-state index contributed by atoms with van der Waals surface area (Å²) in [6.07, 6.45) is 3.72. The highest BCUT2D eigenvalue weighted by molar-refractivity contribution is 5.99. The Balaban J connectivity index is 1.85. The summed E-state index contributed by atoms with van der Waals surface area (Å²) in [7, 11) is 3.69. The van der Waals surface area contributed by atoms with Gasteiger partial charge < -0.3 is 20.2 Å². The number of anilines is 1. The predicted molar refractivity (Wildman–Crippen MR) is 90.0 cm³/mol. The lowest BCUT2D eigenvalue weighted by molar-refractivity contribution is -0.161. The van der Waals surface area contributed by atoms with E-state index in [2.05, 4.69) is 15.2 Å². The number of nitrogens with zero attached hydrogens (tertiary/aromatic N) is 3. The van der Waals surface area contributed by atoms with Crippen LogP contribution in [0.3, 0.4) is 0 Å². The largest absolute Gasteiger partial charge is 0.481 e. The van der Waals surface area contributed by atoms with Crippen LogP contribution in [0.2, 0.25) is 0 Å². The van der Waals surface area contributed by atoms with Crippen LogP contribution in [0.25, 0.3) is 0 Å². The fraction of sp³-hybridized carbons (Fsp3) is 0.588. The topological polar surface area (TPSA) is 85.8 Å². The Kier molecular flexibility index (Phi) is 4.45. The monoisotopic (exact) mass is 332 g/mol. The van der Waals surface area contributed by atoms with Crippen molar-refractivity contribution in [1.29, 1.82) is 0 Å². The number of aromatic nitrogens is 1. The van der Waals surface area contributed by atoms with Gasteiger partial charge in [0.1, 0.15) is 5.82 Å². The Bertz CT molecular complexity index is 650. The van der Waals surface area contributed by atoms with Crippen LogP contribution < -0.4 is 5.32 Å². The average Bonchev–Trinajstić information content (AvgIpc) is 2.61. The lowest BCUT2D eigenvalue weighted by Crippen LogP contribution is -2.63. The molecule has 2 saturated heterocycles. The summed E-state index contributed by atoms with van der Waals surface area (Å²) in [5.74, 6) is -0.275. The predicted octanol–water partition coefficient (Wildman–Crippen LogP) is 1.13. The number of likely N-dealkylation sites (N-methyl/N-ethyl adjacent to an activating group) is 1. The molecule has 2 N–H and O–H groups in total. The Hall–Kier alpha value is -2.15. The fourth-order valence-corrected chi connectivity index (χ4v) is 4.12. The second kappa shape index (κ2) is 6.39. The minimum Gasteiger partial charge on any atom is -0.481 e. The summed E-state index contributed by atoms with van der Waals surface area (Å²) in [4.78, 5) is 32.9. The number of hydrogen-bond donors (Lipinski definition) is 2. The molecule has 0 unspecified atom stereocenters. The molecule has 2 fully saturated rings. The van der Waals surface area contributed by atoms with Gasteiger partial charge >= 0.3 is 5.97 Å². The molecule has 0 spiro atoms. The Morgan fingerprint density at radius 2 is 2.17 bits per heavy atom. The van der Waals surface area contributed by atoms with Crippen molar-refractivity contribution in [3.05, 3.63) is 23.9 Å². The molecule has 7 heteroatoms. The minimum absolute atomic E-state index is 0.0922. The van der Waals surface area contributed by atoms with Gasteiger partial charge in [0.2, 0.25) is 0 Å². The van der Waals surface area contributed by atoms with Crippen molar-refractivity contribution in [2.75, 3.05) is 39.0 Å². The van der Waals surface area contributed by atoms with E-state index >= 15 is 0 Å². The summed E-state index contributed by atoms with van der Waals surface area (Å²) < 4.78 is 0. The number of nitrogens with one attached hydrogen (secondary N) is 1. The smallest absolute Gasteiger partial charge is 0.311 e. The molecule has 24 heavy (non-hydrogen) atoms. The van der Waals surface area contributed by atoms with Gasteiger partial charge in [-0.25, -0.2) is 4.98 Å². The maximum atomic E-state index is 12.9. The van der Waals surface area contributed by atoms with Crippen LogP contribution in [0.4, 0.5) is 5.82 Å². The van der Waals surface area contributed by atoms with E-state index in [1.807, 2.05) is 7.05 Å². The third-order valence-corrected chi connectivity index (χ3v) is 5.51. The third kappa shape index (κ3) is 2.62. The van der Waals surface area contributed by atoms with Crippen LogP contribution in [0, 0.1) is 5.41 Å². The van der Waals surface area contributed by atoms with Crippen LogP contribution in [-0.4, -0.2) is 71.5 Å². The van der Waals surface area contributed by atoms with E-state index in [-0.39, 0.29) is 11.9 Å². The molecular weight excluding hydrogens is 308 g/mol. The van der Waals surface area contributed by atoms with E-state index in [1.54, 1.807) is 30.3 Å². The zero-order valence-electron chi connectivity index (χ0n) is 14.2. The van der Waals surface area contributed by atoms with E-state index in [9.17, 15) is 14.7 Å². The highest BCUT2D eigenvalue weighted by Crippen LogP contribution is 2.42. The Labute approximate surface area is 141 Å². The van der Waals surface area contributed by atoms with Gasteiger partial charge in [0.25, 0.3) is 5.91 Å². The summed E-state index contributed by atoms with van der Waals surface area (Å²) in [6.45, 7) is 1.78. The van der Waals surface area contributed by atoms with Crippen molar-refractivity contribution >= 4 is 17.7 Å². The normalized spacial score (nSPS) is 27.4. The molecular formula is C17H24N4O3. The quantitative estimate of drug-likeness (QED) is 0.863. The first kappa shape index (κ1) is 16.7. The van der Waals surface area contributed by atoms with Crippen LogP contribution in [0.15, 0.2) is 18.3 Å². The number of fused-ring (bicyclic) bond motifs is 1. The van der Waals surface area contributed by atoms with Crippen molar-refractivity contribution in [3.8, 4) is 0 Å². The highest BCUT2D eigenvalue weighted by atomic mass is 16.4. The van der Waals surface area contributed by atoms with Gasteiger partial charge in [0.15, 0.2) is 0 Å². The number of carbonyl (C=O) groups excluding carboxylic acids is 1. The molecule has 0 radical (unpaired) electrons. The van der Waals surface area contributed by atoms with Gasteiger partial charge in [-0.1, -0.05) is 0 Å². The number of carboxylic acids is 1. The van der Waals surface area contributed by atoms with E-state index in [1.165, 1.54) is 0 Å². The molecule has 2 aliphatic rings. The second-order valence-corrected chi connectivity index (χ2v) is 6.71. The van der Waals surface area contributed by atoms with Crippen LogP contribution in [0.1, 0.15) is 29.6 Å². The molecule has 3 heterocycles. The number of carbonyl (C=O) groups is 2. The van der Waals surface area contributed by atoms with Gasteiger partial charge in [-0.15, -0.1) is 0 Å². The molecule has 0 aromatic carbocycles. The number of amides is 1. The lowest BCUT2D eigenvalue weighted by atomic mass is 9.68. The molecule has 2 atom stereocenters. The van der Waals surface area contributed by atoms with E-state index < -0.39 is 11.4 Å². The number of piperidine rings is 2.